The van der Waals surface area contributed by atoms with Gasteiger partial charge in [-0.2, -0.15) is 0 Å². The second-order valence-electron chi connectivity index (χ2n) is 4.55. The Balaban J connectivity index is 1.74. The fourth-order valence-corrected chi connectivity index (χ4v) is 3.07. The molecule has 3 rings (SSSR count). The van der Waals surface area contributed by atoms with Crippen LogP contribution in [0.25, 0.3) is 11.1 Å². The van der Waals surface area contributed by atoms with Crippen molar-refractivity contribution in [2.24, 2.45) is 0 Å². The van der Waals surface area contributed by atoms with Crippen LogP contribution in [0.5, 0.6) is 0 Å². The maximum atomic E-state index is 12.1. The van der Waals surface area contributed by atoms with E-state index < -0.39 is 10.8 Å². The van der Waals surface area contributed by atoms with Crippen molar-refractivity contribution in [1.82, 2.24) is 4.98 Å². The highest BCUT2D eigenvalue weighted by Gasteiger charge is 2.10. The normalized spacial score (nSPS) is 12.6. The molecule has 0 fully saturated rings. The summed E-state index contributed by atoms with van der Waals surface area (Å²) in [6, 6.07) is 15.0. The zero-order valence-electron chi connectivity index (χ0n) is 10.8. The van der Waals surface area contributed by atoms with Crippen molar-refractivity contribution in [1.29, 1.82) is 0 Å². The van der Waals surface area contributed by atoms with Crippen LogP contribution in [0.3, 0.4) is 0 Å². The lowest BCUT2D eigenvalue weighted by Crippen LogP contribution is -1.99. The summed E-state index contributed by atoms with van der Waals surface area (Å²) in [6.45, 7) is 0. The number of aromatic nitrogens is 1. The maximum Gasteiger partial charge on any atom is 0.208 e. The van der Waals surface area contributed by atoms with Crippen molar-refractivity contribution in [3.05, 3.63) is 60.0 Å². The number of benzene rings is 2. The molecular formula is C15H14N2O2S. The molecule has 0 saturated carbocycles. The first-order valence-corrected chi connectivity index (χ1v) is 7.73. The quantitative estimate of drug-likeness (QED) is 0.749. The first-order valence-electron chi connectivity index (χ1n) is 6.24. The number of nitrogens with zero attached hydrogens (tertiary/aromatic N) is 1. The third-order valence-corrected chi connectivity index (χ3v) is 4.14. The molecule has 102 valence electrons. The Morgan fingerprint density at radius 3 is 2.70 bits per heavy atom. The minimum atomic E-state index is -1.04. The minimum absolute atomic E-state index is 0.309. The van der Waals surface area contributed by atoms with Crippen molar-refractivity contribution in [3.63, 3.8) is 0 Å². The van der Waals surface area contributed by atoms with E-state index in [-0.39, 0.29) is 0 Å². The van der Waals surface area contributed by atoms with Gasteiger partial charge in [-0.05, 0) is 23.8 Å². The van der Waals surface area contributed by atoms with E-state index in [1.807, 2.05) is 30.3 Å². The Kier molecular flexibility index (Phi) is 3.52. The van der Waals surface area contributed by atoms with Crippen LogP contribution in [-0.4, -0.2) is 9.19 Å². The molecule has 0 radical (unpaired) electrons. The van der Waals surface area contributed by atoms with Crippen LogP contribution in [0, 0.1) is 0 Å². The molecule has 1 atom stereocenters. The highest BCUT2D eigenvalue weighted by Crippen LogP contribution is 2.19. The van der Waals surface area contributed by atoms with E-state index >= 15 is 0 Å². The largest absolute Gasteiger partial charge is 0.440 e. The molecule has 2 aromatic carbocycles. The Morgan fingerprint density at radius 1 is 1.10 bits per heavy atom. The molecule has 4 nitrogen and oxygen atoms in total. The van der Waals surface area contributed by atoms with Crippen molar-refractivity contribution in [2.45, 2.75) is 11.5 Å². The fourth-order valence-electron chi connectivity index (χ4n) is 2.00. The summed E-state index contributed by atoms with van der Waals surface area (Å²) in [5.41, 5.74) is 8.76. The third-order valence-electron chi connectivity index (χ3n) is 2.91. The highest BCUT2D eigenvalue weighted by molar-refractivity contribution is 7.83. The Hall–Kier alpha value is -2.14. The number of anilines is 1. The lowest BCUT2D eigenvalue weighted by molar-refractivity contribution is 0.552. The van der Waals surface area contributed by atoms with Gasteiger partial charge in [0.1, 0.15) is 11.3 Å². The zero-order chi connectivity index (χ0) is 13.9. The van der Waals surface area contributed by atoms with Crippen molar-refractivity contribution in [3.8, 4) is 0 Å². The summed E-state index contributed by atoms with van der Waals surface area (Å²) in [5.74, 6) is 1.30. The molecule has 0 saturated heterocycles. The van der Waals surface area contributed by atoms with Crippen molar-refractivity contribution in [2.75, 3.05) is 5.73 Å². The van der Waals surface area contributed by atoms with Crippen molar-refractivity contribution >= 4 is 27.6 Å². The van der Waals surface area contributed by atoms with Gasteiger partial charge in [0.15, 0.2) is 5.58 Å². The van der Waals surface area contributed by atoms with E-state index in [2.05, 4.69) is 4.98 Å². The van der Waals surface area contributed by atoms with E-state index in [0.717, 1.165) is 5.56 Å². The molecule has 5 heteroatoms. The van der Waals surface area contributed by atoms with Gasteiger partial charge in [-0.15, -0.1) is 0 Å². The smallest absolute Gasteiger partial charge is 0.208 e. The van der Waals surface area contributed by atoms with Crippen LogP contribution in [0.4, 0.5) is 5.69 Å². The second-order valence-corrected chi connectivity index (χ2v) is 6.01. The van der Waals surface area contributed by atoms with E-state index in [4.69, 9.17) is 10.2 Å². The molecule has 0 aliphatic rings. The number of oxazole rings is 1. The lowest BCUT2D eigenvalue weighted by Gasteiger charge is -1.99. The summed E-state index contributed by atoms with van der Waals surface area (Å²) in [6.07, 6.45) is 0. The van der Waals surface area contributed by atoms with E-state index in [9.17, 15) is 4.21 Å². The molecule has 2 N–H and O–H groups in total. The van der Waals surface area contributed by atoms with Crippen LogP contribution >= 0.6 is 0 Å². The molecule has 0 spiro atoms. The summed E-state index contributed by atoms with van der Waals surface area (Å²) < 4.78 is 17.7. The predicted molar refractivity (Wildman–Crippen MR) is 80.4 cm³/mol. The molecular weight excluding hydrogens is 272 g/mol. The van der Waals surface area contributed by atoms with E-state index in [0.29, 0.717) is 34.2 Å². The lowest BCUT2D eigenvalue weighted by atomic mass is 10.2. The number of fused-ring (bicyclic) bond motifs is 1. The first kappa shape index (κ1) is 12.9. The van der Waals surface area contributed by atoms with Gasteiger partial charge in [0.25, 0.3) is 0 Å². The van der Waals surface area contributed by atoms with Gasteiger partial charge in [0, 0.05) is 22.2 Å². The average molecular weight is 286 g/mol. The number of nitrogen functional groups attached to an aromatic ring is 1. The SMILES string of the molecule is Nc1ccc2oc(CS(=O)Cc3ccccc3)nc2c1. The molecule has 0 bridgehead atoms. The number of rotatable bonds is 4. The Labute approximate surface area is 119 Å². The molecule has 1 aromatic heterocycles. The minimum Gasteiger partial charge on any atom is -0.440 e. The predicted octanol–water partition coefficient (Wildman–Crippen LogP) is 2.86. The van der Waals surface area contributed by atoms with Crippen LogP contribution in [0.2, 0.25) is 0 Å². The van der Waals surface area contributed by atoms with Gasteiger partial charge in [-0.1, -0.05) is 30.3 Å². The monoisotopic (exact) mass is 286 g/mol. The van der Waals surface area contributed by atoms with Gasteiger partial charge in [-0.25, -0.2) is 4.98 Å². The summed E-state index contributed by atoms with van der Waals surface area (Å²) in [4.78, 5) is 4.32. The first-order chi connectivity index (χ1) is 9.70. The van der Waals surface area contributed by atoms with Crippen LogP contribution in [0.15, 0.2) is 52.9 Å². The number of hydrogen-bond donors (Lipinski definition) is 1. The van der Waals surface area contributed by atoms with Gasteiger partial charge >= 0.3 is 0 Å². The maximum absolute atomic E-state index is 12.1. The van der Waals surface area contributed by atoms with E-state index in [1.54, 1.807) is 18.2 Å². The third kappa shape index (κ3) is 2.88. The molecule has 20 heavy (non-hydrogen) atoms. The van der Waals surface area contributed by atoms with Crippen LogP contribution < -0.4 is 5.73 Å². The average Bonchev–Trinajstić information content (AvgIpc) is 2.80. The zero-order valence-corrected chi connectivity index (χ0v) is 11.6. The molecule has 0 aliphatic heterocycles. The Bertz CT molecular complexity index is 753. The summed E-state index contributed by atoms with van der Waals surface area (Å²) >= 11 is 0. The van der Waals surface area contributed by atoms with E-state index in [1.165, 1.54) is 0 Å². The van der Waals surface area contributed by atoms with Crippen LogP contribution in [0.1, 0.15) is 11.5 Å². The van der Waals surface area contributed by atoms with Crippen LogP contribution in [-0.2, 0) is 22.3 Å². The Morgan fingerprint density at radius 2 is 1.90 bits per heavy atom. The molecule has 1 unspecified atom stereocenters. The number of hydrogen-bond acceptors (Lipinski definition) is 4. The van der Waals surface area contributed by atoms with Crippen molar-refractivity contribution < 1.29 is 8.63 Å². The van der Waals surface area contributed by atoms with Gasteiger partial charge in [0.2, 0.25) is 5.89 Å². The molecule has 1 heterocycles. The summed E-state index contributed by atoms with van der Waals surface area (Å²) in [7, 11) is -1.04. The van der Waals surface area contributed by atoms with Gasteiger partial charge in [0.05, 0.1) is 0 Å². The van der Waals surface area contributed by atoms with Gasteiger partial charge < -0.3 is 10.2 Å². The second kappa shape index (κ2) is 5.46. The summed E-state index contributed by atoms with van der Waals surface area (Å²) in [5, 5.41) is 0. The molecule has 0 amide bonds. The standard InChI is InChI=1S/C15H14N2O2S/c16-12-6-7-14-13(8-12)17-15(19-14)10-20(18)9-11-4-2-1-3-5-11/h1-8H,9-10,16H2. The topological polar surface area (TPSA) is 69.1 Å². The molecule has 0 aliphatic carbocycles. The van der Waals surface area contributed by atoms with Gasteiger partial charge in [-0.3, -0.25) is 4.21 Å². The highest BCUT2D eigenvalue weighted by atomic mass is 32.2. The molecule has 3 aromatic rings. The fraction of sp³-hybridized carbons (Fsp3) is 0.133. The number of nitrogens with two attached hydrogens (primary N) is 1.